The van der Waals surface area contributed by atoms with Crippen LogP contribution in [0, 0.1) is 6.92 Å². The van der Waals surface area contributed by atoms with Gasteiger partial charge in [-0.2, -0.15) is 0 Å². The summed E-state index contributed by atoms with van der Waals surface area (Å²) >= 11 is 7.53. The fraction of sp³-hybridized carbons (Fsp3) is 0.333. The molecule has 0 atom stereocenters. The number of hydrogen-bond donors (Lipinski definition) is 1. The molecule has 106 valence electrons. The van der Waals surface area contributed by atoms with Crippen molar-refractivity contribution >= 4 is 28.8 Å². The van der Waals surface area contributed by atoms with Crippen LogP contribution >= 0.6 is 22.9 Å². The van der Waals surface area contributed by atoms with Crippen LogP contribution in [0.3, 0.4) is 0 Å². The molecule has 0 spiro atoms. The van der Waals surface area contributed by atoms with E-state index in [9.17, 15) is 4.79 Å². The Morgan fingerprint density at radius 2 is 2.10 bits per heavy atom. The summed E-state index contributed by atoms with van der Waals surface area (Å²) < 4.78 is 0. The molecule has 0 aliphatic heterocycles. The zero-order valence-corrected chi connectivity index (χ0v) is 13.3. The maximum absolute atomic E-state index is 12.2. The van der Waals surface area contributed by atoms with Gasteiger partial charge in [0, 0.05) is 17.5 Å². The van der Waals surface area contributed by atoms with Crippen LogP contribution in [0.1, 0.15) is 45.7 Å². The smallest absolute Gasteiger partial charge is 0.263 e. The molecule has 0 aliphatic carbocycles. The predicted octanol–water partition coefficient (Wildman–Crippen LogP) is 4.16. The molecule has 0 unspecified atom stereocenters. The molecular weight excluding hydrogens is 292 g/mol. The van der Waals surface area contributed by atoms with Crippen molar-refractivity contribution in [2.75, 3.05) is 0 Å². The number of thiazole rings is 1. The van der Waals surface area contributed by atoms with Crippen LogP contribution in [-0.2, 0) is 6.54 Å². The Morgan fingerprint density at radius 1 is 1.40 bits per heavy atom. The SMILES string of the molecule is Cc1nc(C(C)C)sc1C(=O)NCc1ccccc1Cl. The van der Waals surface area contributed by atoms with E-state index in [2.05, 4.69) is 24.1 Å². The Hall–Kier alpha value is -1.39. The van der Waals surface area contributed by atoms with Crippen LogP contribution in [0.25, 0.3) is 0 Å². The van der Waals surface area contributed by atoms with Crippen LogP contribution in [0.15, 0.2) is 24.3 Å². The number of aromatic nitrogens is 1. The average molecular weight is 309 g/mol. The topological polar surface area (TPSA) is 42.0 Å². The Bertz CT molecular complexity index is 622. The van der Waals surface area contributed by atoms with Crippen molar-refractivity contribution in [2.24, 2.45) is 0 Å². The number of nitrogens with zero attached hydrogens (tertiary/aromatic N) is 1. The minimum Gasteiger partial charge on any atom is -0.347 e. The lowest BCUT2D eigenvalue weighted by atomic mass is 10.2. The van der Waals surface area contributed by atoms with Gasteiger partial charge in [0.05, 0.1) is 10.7 Å². The predicted molar refractivity (Wildman–Crippen MR) is 83.6 cm³/mol. The summed E-state index contributed by atoms with van der Waals surface area (Å²) in [6, 6.07) is 7.50. The number of nitrogens with one attached hydrogen (secondary N) is 1. The van der Waals surface area contributed by atoms with E-state index in [4.69, 9.17) is 11.6 Å². The van der Waals surface area contributed by atoms with Crippen molar-refractivity contribution in [3.8, 4) is 0 Å². The number of carbonyl (C=O) groups is 1. The van der Waals surface area contributed by atoms with E-state index in [1.54, 1.807) is 0 Å². The van der Waals surface area contributed by atoms with Crippen LogP contribution in [0.2, 0.25) is 5.02 Å². The molecule has 3 nitrogen and oxygen atoms in total. The molecule has 0 aliphatic rings. The Balaban J connectivity index is 2.07. The summed E-state index contributed by atoms with van der Waals surface area (Å²) in [6.45, 7) is 6.44. The molecule has 20 heavy (non-hydrogen) atoms. The number of aryl methyl sites for hydroxylation is 1. The van der Waals surface area contributed by atoms with Gasteiger partial charge in [-0.25, -0.2) is 4.98 Å². The standard InChI is InChI=1S/C15H17ClN2OS/c1-9(2)15-18-10(3)13(20-15)14(19)17-8-11-6-4-5-7-12(11)16/h4-7,9H,8H2,1-3H3,(H,17,19). The lowest BCUT2D eigenvalue weighted by Crippen LogP contribution is -2.22. The summed E-state index contributed by atoms with van der Waals surface area (Å²) in [6.07, 6.45) is 0. The van der Waals surface area contributed by atoms with E-state index in [-0.39, 0.29) is 5.91 Å². The van der Waals surface area contributed by atoms with E-state index in [0.717, 1.165) is 16.3 Å². The van der Waals surface area contributed by atoms with Crippen LogP contribution < -0.4 is 5.32 Å². The van der Waals surface area contributed by atoms with Gasteiger partial charge >= 0.3 is 0 Å². The molecule has 2 aromatic rings. The van der Waals surface area contributed by atoms with Gasteiger partial charge in [-0.15, -0.1) is 11.3 Å². The summed E-state index contributed by atoms with van der Waals surface area (Å²) in [7, 11) is 0. The second kappa shape index (κ2) is 6.37. The first-order valence-electron chi connectivity index (χ1n) is 6.48. The zero-order valence-electron chi connectivity index (χ0n) is 11.7. The molecule has 0 saturated carbocycles. The van der Waals surface area contributed by atoms with Gasteiger partial charge in [0.1, 0.15) is 4.88 Å². The Morgan fingerprint density at radius 3 is 2.70 bits per heavy atom. The maximum atomic E-state index is 12.2. The lowest BCUT2D eigenvalue weighted by molar-refractivity contribution is 0.0954. The average Bonchev–Trinajstić information content (AvgIpc) is 2.80. The molecule has 1 N–H and O–H groups in total. The van der Waals surface area contributed by atoms with Crippen molar-refractivity contribution in [3.63, 3.8) is 0 Å². The van der Waals surface area contributed by atoms with Gasteiger partial charge in [0.2, 0.25) is 0 Å². The highest BCUT2D eigenvalue weighted by Gasteiger charge is 2.16. The van der Waals surface area contributed by atoms with Gasteiger partial charge in [0.15, 0.2) is 0 Å². The molecular formula is C15H17ClN2OS. The van der Waals surface area contributed by atoms with Gasteiger partial charge in [0.25, 0.3) is 5.91 Å². The van der Waals surface area contributed by atoms with Crippen molar-refractivity contribution in [1.29, 1.82) is 0 Å². The Labute approximate surface area is 128 Å². The molecule has 0 fully saturated rings. The molecule has 0 saturated heterocycles. The number of carbonyl (C=O) groups excluding carboxylic acids is 1. The molecule has 2 rings (SSSR count). The van der Waals surface area contributed by atoms with Crippen LogP contribution in [0.4, 0.5) is 0 Å². The van der Waals surface area contributed by atoms with Crippen LogP contribution in [-0.4, -0.2) is 10.9 Å². The van der Waals surface area contributed by atoms with E-state index in [1.165, 1.54) is 11.3 Å². The molecule has 5 heteroatoms. The highest BCUT2D eigenvalue weighted by Crippen LogP contribution is 2.24. The first-order valence-corrected chi connectivity index (χ1v) is 7.67. The number of hydrogen-bond acceptors (Lipinski definition) is 3. The molecule has 1 aromatic heterocycles. The zero-order chi connectivity index (χ0) is 14.7. The summed E-state index contributed by atoms with van der Waals surface area (Å²) in [5.74, 6) is 0.246. The van der Waals surface area contributed by atoms with E-state index >= 15 is 0 Å². The first-order chi connectivity index (χ1) is 9.49. The summed E-state index contributed by atoms with van der Waals surface area (Å²) in [5.41, 5.74) is 1.70. The third-order valence-corrected chi connectivity index (χ3v) is 4.74. The van der Waals surface area contributed by atoms with Crippen molar-refractivity contribution < 1.29 is 4.79 Å². The molecule has 0 radical (unpaired) electrons. The second-order valence-electron chi connectivity index (χ2n) is 4.90. The van der Waals surface area contributed by atoms with Crippen molar-refractivity contribution in [3.05, 3.63) is 50.4 Å². The largest absolute Gasteiger partial charge is 0.347 e. The van der Waals surface area contributed by atoms with Gasteiger partial charge in [-0.1, -0.05) is 43.6 Å². The highest BCUT2D eigenvalue weighted by molar-refractivity contribution is 7.13. The Kier molecular flexibility index (Phi) is 4.78. The van der Waals surface area contributed by atoms with E-state index in [0.29, 0.717) is 22.4 Å². The number of halogens is 1. The normalized spacial score (nSPS) is 10.8. The van der Waals surface area contributed by atoms with Crippen molar-refractivity contribution in [2.45, 2.75) is 33.2 Å². The van der Waals surface area contributed by atoms with E-state index < -0.39 is 0 Å². The molecule has 0 bridgehead atoms. The fourth-order valence-electron chi connectivity index (χ4n) is 1.77. The minimum absolute atomic E-state index is 0.0909. The van der Waals surface area contributed by atoms with Gasteiger partial charge in [-0.05, 0) is 18.6 Å². The van der Waals surface area contributed by atoms with E-state index in [1.807, 2.05) is 31.2 Å². The molecule has 1 heterocycles. The van der Waals surface area contributed by atoms with Gasteiger partial charge in [-0.3, -0.25) is 4.79 Å². The summed E-state index contributed by atoms with van der Waals surface area (Å²) in [5, 5.41) is 4.55. The molecule has 1 aromatic carbocycles. The fourth-order valence-corrected chi connectivity index (χ4v) is 2.96. The molecule has 1 amide bonds. The van der Waals surface area contributed by atoms with Gasteiger partial charge < -0.3 is 5.32 Å². The quantitative estimate of drug-likeness (QED) is 0.921. The monoisotopic (exact) mass is 308 g/mol. The first kappa shape index (κ1) is 15.0. The summed E-state index contributed by atoms with van der Waals surface area (Å²) in [4.78, 5) is 17.3. The third kappa shape index (κ3) is 3.38. The third-order valence-electron chi connectivity index (χ3n) is 2.91. The number of benzene rings is 1. The number of rotatable bonds is 4. The minimum atomic E-state index is -0.0909. The lowest BCUT2D eigenvalue weighted by Gasteiger charge is -2.06. The van der Waals surface area contributed by atoms with Crippen LogP contribution in [0.5, 0.6) is 0 Å². The highest BCUT2D eigenvalue weighted by atomic mass is 35.5. The number of amides is 1. The van der Waals surface area contributed by atoms with Crippen molar-refractivity contribution in [1.82, 2.24) is 10.3 Å². The maximum Gasteiger partial charge on any atom is 0.263 e. The second-order valence-corrected chi connectivity index (χ2v) is 6.33.